The van der Waals surface area contributed by atoms with E-state index in [1.54, 1.807) is 0 Å². The lowest BCUT2D eigenvalue weighted by atomic mass is 10.6. The molecule has 2 heterocycles. The molecule has 0 unspecified atom stereocenters. The number of carbonyl (C=O) groups excluding carboxylic acids is 1. The van der Waals surface area contributed by atoms with Gasteiger partial charge in [0.1, 0.15) is 0 Å². The molecule has 0 spiro atoms. The van der Waals surface area contributed by atoms with Crippen molar-refractivity contribution in [2.45, 2.75) is 5.16 Å². The monoisotopic (exact) mass is 168 g/mol. The molecule has 2 rings (SSSR count). The highest BCUT2D eigenvalue weighted by atomic mass is 32.2. The molecule has 0 aliphatic carbocycles. The zero-order chi connectivity index (χ0) is 7.84. The highest BCUT2D eigenvalue weighted by Gasteiger charge is 2.18. The van der Waals surface area contributed by atoms with Crippen molar-refractivity contribution in [3.8, 4) is 0 Å². The van der Waals surface area contributed by atoms with E-state index < -0.39 is 0 Å². The van der Waals surface area contributed by atoms with Crippen molar-refractivity contribution in [2.24, 2.45) is 0 Å². The summed E-state index contributed by atoms with van der Waals surface area (Å²) in [6.45, 7) is 0. The molecule has 0 amide bonds. The lowest BCUT2D eigenvalue weighted by Gasteiger charge is -1.94. The summed E-state index contributed by atoms with van der Waals surface area (Å²) in [5.74, 6) is 0.369. The SMILES string of the molecule is O=C1CSc2nc(=O)ccn21. The summed E-state index contributed by atoms with van der Waals surface area (Å²) in [6.07, 6.45) is 1.47. The summed E-state index contributed by atoms with van der Waals surface area (Å²) in [5.41, 5.74) is -0.293. The molecule has 5 heteroatoms. The molecule has 56 valence electrons. The molecule has 0 atom stereocenters. The van der Waals surface area contributed by atoms with Crippen LogP contribution in [-0.4, -0.2) is 21.2 Å². The van der Waals surface area contributed by atoms with Crippen LogP contribution in [0.15, 0.2) is 22.2 Å². The van der Waals surface area contributed by atoms with Gasteiger partial charge in [0, 0.05) is 12.3 Å². The van der Waals surface area contributed by atoms with E-state index >= 15 is 0 Å². The van der Waals surface area contributed by atoms with E-state index in [-0.39, 0.29) is 11.5 Å². The minimum atomic E-state index is -0.293. The lowest BCUT2D eigenvalue weighted by molar-refractivity contribution is 0.0937. The van der Waals surface area contributed by atoms with E-state index in [1.807, 2.05) is 0 Å². The Morgan fingerprint density at radius 1 is 1.55 bits per heavy atom. The normalized spacial score (nSPS) is 15.1. The Labute approximate surface area is 66.3 Å². The van der Waals surface area contributed by atoms with E-state index in [2.05, 4.69) is 4.98 Å². The van der Waals surface area contributed by atoms with Crippen LogP contribution in [0.4, 0.5) is 0 Å². The largest absolute Gasteiger partial charge is 0.273 e. The summed E-state index contributed by atoms with van der Waals surface area (Å²) in [4.78, 5) is 25.3. The molecule has 1 aromatic heterocycles. The summed E-state index contributed by atoms with van der Waals surface area (Å²) < 4.78 is 1.39. The van der Waals surface area contributed by atoms with Crippen molar-refractivity contribution in [2.75, 3.05) is 5.75 Å². The zero-order valence-electron chi connectivity index (χ0n) is 5.48. The molecule has 1 aromatic rings. The second kappa shape index (κ2) is 2.20. The van der Waals surface area contributed by atoms with Crippen molar-refractivity contribution in [3.63, 3.8) is 0 Å². The van der Waals surface area contributed by atoms with Crippen LogP contribution in [0.2, 0.25) is 0 Å². The predicted molar refractivity (Wildman–Crippen MR) is 39.8 cm³/mol. The number of fused-ring (bicyclic) bond motifs is 1. The van der Waals surface area contributed by atoms with Crippen molar-refractivity contribution in [1.29, 1.82) is 0 Å². The van der Waals surface area contributed by atoms with E-state index in [0.717, 1.165) is 0 Å². The fourth-order valence-electron chi connectivity index (χ4n) is 0.875. The fourth-order valence-corrected chi connectivity index (χ4v) is 1.72. The van der Waals surface area contributed by atoms with Gasteiger partial charge in [-0.1, -0.05) is 11.8 Å². The molecule has 0 bridgehead atoms. The quantitative estimate of drug-likeness (QED) is 0.511. The van der Waals surface area contributed by atoms with Crippen molar-refractivity contribution < 1.29 is 4.79 Å². The van der Waals surface area contributed by atoms with Gasteiger partial charge in [0.05, 0.1) is 5.75 Å². The topological polar surface area (TPSA) is 52.0 Å². The Kier molecular flexibility index (Phi) is 1.32. The molecule has 4 nitrogen and oxygen atoms in total. The molecule has 0 radical (unpaired) electrons. The molecular formula is C6H4N2O2S. The van der Waals surface area contributed by atoms with Crippen LogP contribution in [0.1, 0.15) is 4.79 Å². The second-order valence-corrected chi connectivity index (χ2v) is 3.04. The average molecular weight is 168 g/mol. The highest BCUT2D eigenvalue weighted by Crippen LogP contribution is 2.20. The molecule has 0 saturated heterocycles. The third kappa shape index (κ3) is 0.970. The van der Waals surface area contributed by atoms with Crippen LogP contribution in [-0.2, 0) is 0 Å². The molecular weight excluding hydrogens is 164 g/mol. The van der Waals surface area contributed by atoms with Gasteiger partial charge in [0.2, 0.25) is 5.91 Å². The van der Waals surface area contributed by atoms with Crippen LogP contribution in [0.3, 0.4) is 0 Å². The summed E-state index contributed by atoms with van der Waals surface area (Å²) in [5, 5.41) is 0.502. The molecule has 1 aliphatic heterocycles. The maximum absolute atomic E-state index is 11.0. The third-order valence-electron chi connectivity index (χ3n) is 1.37. The van der Waals surface area contributed by atoms with Gasteiger partial charge < -0.3 is 0 Å². The maximum atomic E-state index is 11.0. The minimum Gasteiger partial charge on any atom is -0.273 e. The Balaban J connectivity index is 2.68. The molecule has 0 aromatic carbocycles. The fraction of sp³-hybridized carbons (Fsp3) is 0.167. The van der Waals surface area contributed by atoms with Gasteiger partial charge in [-0.15, -0.1) is 0 Å². The van der Waals surface area contributed by atoms with Crippen molar-refractivity contribution >= 4 is 17.7 Å². The van der Waals surface area contributed by atoms with Crippen LogP contribution in [0, 0.1) is 0 Å². The van der Waals surface area contributed by atoms with E-state index in [1.165, 1.54) is 28.6 Å². The second-order valence-electron chi connectivity index (χ2n) is 2.10. The summed E-state index contributed by atoms with van der Waals surface area (Å²) in [7, 11) is 0. The predicted octanol–water partition coefficient (Wildman–Crippen LogP) is -0.0108. The van der Waals surface area contributed by atoms with E-state index in [4.69, 9.17) is 0 Å². The molecule has 0 saturated carbocycles. The molecule has 11 heavy (non-hydrogen) atoms. The highest BCUT2D eigenvalue weighted by molar-refractivity contribution is 8.00. The number of rotatable bonds is 0. The number of nitrogens with zero attached hydrogens (tertiary/aromatic N) is 2. The van der Waals surface area contributed by atoms with Crippen molar-refractivity contribution in [3.05, 3.63) is 22.6 Å². The van der Waals surface area contributed by atoms with Gasteiger partial charge in [0.15, 0.2) is 5.16 Å². The minimum absolute atomic E-state index is 0.0162. The third-order valence-corrected chi connectivity index (χ3v) is 2.31. The van der Waals surface area contributed by atoms with Gasteiger partial charge >= 0.3 is 0 Å². The number of thioether (sulfide) groups is 1. The van der Waals surface area contributed by atoms with Gasteiger partial charge in [0.25, 0.3) is 5.56 Å². The Hall–Kier alpha value is -1.10. The Morgan fingerprint density at radius 3 is 3.18 bits per heavy atom. The van der Waals surface area contributed by atoms with Crippen LogP contribution in [0.5, 0.6) is 0 Å². The maximum Gasteiger partial charge on any atom is 0.273 e. The summed E-state index contributed by atoms with van der Waals surface area (Å²) >= 11 is 1.29. The molecule has 1 aliphatic rings. The number of aromatic nitrogens is 2. The standard InChI is InChI=1S/C6H4N2O2S/c9-4-1-2-8-5(10)3-11-6(8)7-4/h1-2H,3H2. The van der Waals surface area contributed by atoms with Gasteiger partial charge in [-0.3, -0.25) is 14.2 Å². The Morgan fingerprint density at radius 2 is 2.36 bits per heavy atom. The first-order valence-corrected chi connectivity index (χ1v) is 4.01. The lowest BCUT2D eigenvalue weighted by Crippen LogP contribution is -2.13. The zero-order valence-corrected chi connectivity index (χ0v) is 6.30. The van der Waals surface area contributed by atoms with E-state index in [9.17, 15) is 9.59 Å². The number of hydrogen-bond donors (Lipinski definition) is 0. The first-order chi connectivity index (χ1) is 5.27. The number of carbonyl (C=O) groups is 1. The molecule has 0 fully saturated rings. The first kappa shape index (κ1) is 6.60. The first-order valence-electron chi connectivity index (χ1n) is 3.03. The van der Waals surface area contributed by atoms with Crippen LogP contribution in [0.25, 0.3) is 0 Å². The summed E-state index contributed by atoms with van der Waals surface area (Å²) in [6, 6.07) is 1.28. The molecule has 0 N–H and O–H groups in total. The Bertz CT molecular complexity index is 371. The van der Waals surface area contributed by atoms with Crippen LogP contribution >= 0.6 is 11.8 Å². The van der Waals surface area contributed by atoms with Crippen molar-refractivity contribution in [1.82, 2.24) is 9.55 Å². The van der Waals surface area contributed by atoms with Gasteiger partial charge in [-0.25, -0.2) is 0 Å². The van der Waals surface area contributed by atoms with Gasteiger partial charge in [-0.2, -0.15) is 4.98 Å². The van der Waals surface area contributed by atoms with E-state index in [0.29, 0.717) is 10.9 Å². The number of hydrogen-bond acceptors (Lipinski definition) is 4. The van der Waals surface area contributed by atoms with Gasteiger partial charge in [-0.05, 0) is 0 Å². The van der Waals surface area contributed by atoms with Crippen LogP contribution < -0.4 is 5.56 Å². The smallest absolute Gasteiger partial charge is 0.273 e. The average Bonchev–Trinajstić information content (AvgIpc) is 2.32.